The van der Waals surface area contributed by atoms with Crippen molar-refractivity contribution in [2.24, 2.45) is 17.8 Å². The summed E-state index contributed by atoms with van der Waals surface area (Å²) < 4.78 is 83.9. The third kappa shape index (κ3) is 4.00. The molecule has 1 N–H and O–H groups in total. The van der Waals surface area contributed by atoms with Gasteiger partial charge in [0.1, 0.15) is 0 Å². The van der Waals surface area contributed by atoms with Crippen molar-refractivity contribution in [1.29, 1.82) is 0 Å². The van der Waals surface area contributed by atoms with Gasteiger partial charge in [-0.2, -0.15) is 26.3 Å². The highest BCUT2D eigenvalue weighted by atomic mass is 19.4. The molecule has 3 nitrogen and oxygen atoms in total. The Hall–Kier alpha value is -0.800. The SMILES string of the molecule is OC(COCCOCC1CC2C=CC1C2)(C(F)(F)F)C(F)(F)F. The van der Waals surface area contributed by atoms with Crippen molar-refractivity contribution in [1.82, 2.24) is 0 Å². The van der Waals surface area contributed by atoms with Gasteiger partial charge in [0.15, 0.2) is 0 Å². The van der Waals surface area contributed by atoms with Crippen LogP contribution in [0.15, 0.2) is 12.2 Å². The number of alkyl halides is 6. The lowest BCUT2D eigenvalue weighted by Crippen LogP contribution is -2.60. The van der Waals surface area contributed by atoms with Gasteiger partial charge in [0.2, 0.25) is 0 Å². The maximum Gasteiger partial charge on any atom is 0.428 e. The first-order valence-electron chi connectivity index (χ1n) is 7.24. The molecule has 0 heterocycles. The second-order valence-electron chi connectivity index (χ2n) is 6.02. The smallest absolute Gasteiger partial charge is 0.379 e. The average Bonchev–Trinajstić information content (AvgIpc) is 3.02. The number of halogens is 6. The van der Waals surface area contributed by atoms with Crippen LogP contribution in [0.4, 0.5) is 26.3 Å². The minimum atomic E-state index is -5.86. The Morgan fingerprint density at radius 1 is 0.913 bits per heavy atom. The van der Waals surface area contributed by atoms with Crippen LogP contribution >= 0.6 is 0 Å². The van der Waals surface area contributed by atoms with Crippen LogP contribution in [0.25, 0.3) is 0 Å². The number of allylic oxidation sites excluding steroid dienone is 2. The molecule has 0 aromatic carbocycles. The molecule has 0 saturated heterocycles. The normalized spacial score (nSPS) is 27.9. The van der Waals surface area contributed by atoms with Crippen LogP contribution in [0.5, 0.6) is 0 Å². The zero-order chi connectivity index (χ0) is 17.3. The number of hydrogen-bond acceptors (Lipinski definition) is 3. The van der Waals surface area contributed by atoms with Crippen LogP contribution in [0.1, 0.15) is 12.8 Å². The van der Waals surface area contributed by atoms with Crippen LogP contribution < -0.4 is 0 Å². The number of hydrogen-bond donors (Lipinski definition) is 1. The van der Waals surface area contributed by atoms with Gasteiger partial charge in [0, 0.05) is 0 Å². The molecule has 3 unspecified atom stereocenters. The van der Waals surface area contributed by atoms with E-state index in [1.54, 1.807) is 0 Å². The summed E-state index contributed by atoms with van der Waals surface area (Å²) >= 11 is 0. The summed E-state index contributed by atoms with van der Waals surface area (Å²) in [5, 5.41) is 8.86. The molecule has 0 amide bonds. The van der Waals surface area contributed by atoms with Gasteiger partial charge in [-0.15, -0.1) is 0 Å². The van der Waals surface area contributed by atoms with Crippen molar-refractivity contribution in [2.45, 2.75) is 30.8 Å². The predicted molar refractivity (Wildman–Crippen MR) is 67.5 cm³/mol. The van der Waals surface area contributed by atoms with Crippen LogP contribution in [0.2, 0.25) is 0 Å². The van der Waals surface area contributed by atoms with Gasteiger partial charge in [-0.05, 0) is 30.6 Å². The van der Waals surface area contributed by atoms with E-state index in [-0.39, 0.29) is 6.61 Å². The molecule has 2 aliphatic carbocycles. The lowest BCUT2D eigenvalue weighted by molar-refractivity contribution is -0.378. The maximum atomic E-state index is 12.4. The summed E-state index contributed by atoms with van der Waals surface area (Å²) in [6.45, 7) is -2.08. The van der Waals surface area contributed by atoms with Crippen molar-refractivity contribution in [3.8, 4) is 0 Å². The molecule has 0 radical (unpaired) electrons. The molecule has 23 heavy (non-hydrogen) atoms. The molecule has 134 valence electrons. The first kappa shape index (κ1) is 18.5. The molecule has 0 spiro atoms. The van der Waals surface area contributed by atoms with Gasteiger partial charge in [-0.25, -0.2) is 0 Å². The molecule has 0 aliphatic heterocycles. The highest BCUT2D eigenvalue weighted by Crippen LogP contribution is 2.44. The van der Waals surface area contributed by atoms with Gasteiger partial charge in [0.25, 0.3) is 5.60 Å². The largest absolute Gasteiger partial charge is 0.428 e. The van der Waals surface area contributed by atoms with E-state index in [4.69, 9.17) is 9.84 Å². The van der Waals surface area contributed by atoms with Crippen molar-refractivity contribution >= 4 is 0 Å². The van der Waals surface area contributed by atoms with E-state index < -0.39 is 31.2 Å². The fourth-order valence-corrected chi connectivity index (χ4v) is 2.98. The van der Waals surface area contributed by atoms with Crippen molar-refractivity contribution in [3.05, 3.63) is 12.2 Å². The predicted octanol–water partition coefficient (Wildman–Crippen LogP) is 3.09. The fourth-order valence-electron chi connectivity index (χ4n) is 2.98. The van der Waals surface area contributed by atoms with Crippen LogP contribution in [-0.2, 0) is 9.47 Å². The Morgan fingerprint density at radius 3 is 2.00 bits per heavy atom. The summed E-state index contributed by atoms with van der Waals surface area (Å²) in [5.41, 5.74) is -4.87. The second kappa shape index (κ2) is 6.60. The molecule has 2 aliphatic rings. The monoisotopic (exact) mass is 348 g/mol. The Bertz CT molecular complexity index is 417. The topological polar surface area (TPSA) is 38.7 Å². The first-order valence-corrected chi connectivity index (χ1v) is 7.24. The number of aliphatic hydroxyl groups is 1. The molecule has 1 saturated carbocycles. The summed E-state index contributed by atoms with van der Waals surface area (Å²) in [6, 6.07) is 0. The Labute approximate surface area is 129 Å². The van der Waals surface area contributed by atoms with Crippen molar-refractivity contribution < 1.29 is 40.9 Å². The van der Waals surface area contributed by atoms with E-state index in [9.17, 15) is 26.3 Å². The molecule has 0 aromatic heterocycles. The van der Waals surface area contributed by atoms with Crippen LogP contribution in [-0.4, -0.2) is 49.5 Å². The van der Waals surface area contributed by atoms with Crippen LogP contribution in [0, 0.1) is 17.8 Å². The lowest BCUT2D eigenvalue weighted by Gasteiger charge is -2.31. The molecule has 9 heteroatoms. The molecule has 3 atom stereocenters. The summed E-state index contributed by atoms with van der Waals surface area (Å²) in [7, 11) is 0. The van der Waals surface area contributed by atoms with Crippen molar-refractivity contribution in [3.63, 3.8) is 0 Å². The Balaban J connectivity index is 1.67. The standard InChI is InChI=1S/C14H18F6O3/c15-13(16,17)12(21,14(18,19)20)8-23-4-3-22-7-11-6-9-1-2-10(11)5-9/h1-2,9-11,21H,3-8H2. The van der Waals surface area contributed by atoms with Crippen molar-refractivity contribution in [2.75, 3.05) is 26.4 Å². The fraction of sp³-hybridized carbons (Fsp3) is 0.857. The average molecular weight is 348 g/mol. The summed E-state index contributed by atoms with van der Waals surface area (Å²) in [5.74, 6) is 1.34. The van der Waals surface area contributed by atoms with Gasteiger partial charge >= 0.3 is 12.4 Å². The van der Waals surface area contributed by atoms with Gasteiger partial charge in [-0.3, -0.25) is 0 Å². The van der Waals surface area contributed by atoms with Gasteiger partial charge < -0.3 is 14.6 Å². The van der Waals surface area contributed by atoms with E-state index in [1.165, 1.54) is 0 Å². The van der Waals surface area contributed by atoms with E-state index in [2.05, 4.69) is 16.9 Å². The highest BCUT2D eigenvalue weighted by molar-refractivity contribution is 5.09. The third-order valence-corrected chi connectivity index (χ3v) is 4.37. The lowest BCUT2D eigenvalue weighted by atomic mass is 9.95. The number of fused-ring (bicyclic) bond motifs is 2. The highest BCUT2D eigenvalue weighted by Gasteiger charge is 2.70. The molecule has 2 bridgehead atoms. The maximum absolute atomic E-state index is 12.4. The molecular weight excluding hydrogens is 330 g/mol. The Kier molecular flexibility index (Phi) is 5.32. The minimum Gasteiger partial charge on any atom is -0.379 e. The van der Waals surface area contributed by atoms with E-state index in [0.29, 0.717) is 24.4 Å². The van der Waals surface area contributed by atoms with Gasteiger partial charge in [-0.1, -0.05) is 12.2 Å². The Morgan fingerprint density at radius 2 is 1.52 bits per heavy atom. The third-order valence-electron chi connectivity index (χ3n) is 4.37. The quantitative estimate of drug-likeness (QED) is 0.437. The zero-order valence-electron chi connectivity index (χ0n) is 12.2. The molecule has 0 aromatic rings. The second-order valence-corrected chi connectivity index (χ2v) is 6.02. The van der Waals surface area contributed by atoms with E-state index >= 15 is 0 Å². The van der Waals surface area contributed by atoms with Gasteiger partial charge in [0.05, 0.1) is 26.4 Å². The summed E-state index contributed by atoms with van der Waals surface area (Å²) in [6.07, 6.45) is -5.38. The zero-order valence-corrected chi connectivity index (χ0v) is 12.2. The minimum absolute atomic E-state index is 0.122. The van der Waals surface area contributed by atoms with E-state index in [0.717, 1.165) is 12.8 Å². The molecule has 2 rings (SSSR count). The number of ether oxygens (including phenoxy) is 2. The van der Waals surface area contributed by atoms with Crippen LogP contribution in [0.3, 0.4) is 0 Å². The first-order chi connectivity index (χ1) is 10.5. The van der Waals surface area contributed by atoms with E-state index in [1.807, 2.05) is 0 Å². The number of rotatable bonds is 7. The molecular formula is C14H18F6O3. The molecule has 1 fully saturated rings. The summed E-state index contributed by atoms with van der Waals surface area (Å²) in [4.78, 5) is 0.